The predicted molar refractivity (Wildman–Crippen MR) is 83.0 cm³/mol. The summed E-state index contributed by atoms with van der Waals surface area (Å²) in [5, 5.41) is 9.43. The zero-order chi connectivity index (χ0) is 14.8. The third-order valence-electron chi connectivity index (χ3n) is 4.19. The van der Waals surface area contributed by atoms with Gasteiger partial charge in [-0.15, -0.1) is 0 Å². The number of nitrogens with zero attached hydrogens (tertiary/aromatic N) is 3. The summed E-state index contributed by atoms with van der Waals surface area (Å²) in [5.74, 6) is 1.57. The van der Waals surface area contributed by atoms with Gasteiger partial charge >= 0.3 is 0 Å². The van der Waals surface area contributed by atoms with Crippen molar-refractivity contribution in [2.75, 3.05) is 18.0 Å². The minimum Gasteiger partial charge on any atom is -0.357 e. The molecule has 1 aromatic rings. The maximum absolute atomic E-state index is 9.03. The van der Waals surface area contributed by atoms with E-state index >= 15 is 0 Å². The summed E-state index contributed by atoms with van der Waals surface area (Å²) >= 11 is 6.00. The molecule has 20 heavy (non-hydrogen) atoms. The van der Waals surface area contributed by atoms with Gasteiger partial charge in [0.25, 0.3) is 0 Å². The van der Waals surface area contributed by atoms with Crippen LogP contribution < -0.4 is 4.90 Å². The van der Waals surface area contributed by atoms with Crippen LogP contribution in [0.15, 0.2) is 12.1 Å². The van der Waals surface area contributed by atoms with Crippen LogP contribution in [0, 0.1) is 22.7 Å². The Bertz CT molecular complexity index is 513. The highest BCUT2D eigenvalue weighted by Crippen LogP contribution is 2.35. The highest BCUT2D eigenvalue weighted by molar-refractivity contribution is 6.29. The van der Waals surface area contributed by atoms with Gasteiger partial charge in [-0.1, -0.05) is 32.4 Å². The largest absolute Gasteiger partial charge is 0.357 e. The van der Waals surface area contributed by atoms with Gasteiger partial charge in [0.15, 0.2) is 0 Å². The Labute approximate surface area is 126 Å². The molecule has 0 spiro atoms. The Kier molecular flexibility index (Phi) is 4.55. The van der Waals surface area contributed by atoms with Crippen molar-refractivity contribution >= 4 is 17.4 Å². The second kappa shape index (κ2) is 6.01. The van der Waals surface area contributed by atoms with Gasteiger partial charge in [0.2, 0.25) is 0 Å². The molecule has 0 bridgehead atoms. The van der Waals surface area contributed by atoms with Gasteiger partial charge in [0.05, 0.1) is 11.6 Å². The van der Waals surface area contributed by atoms with Crippen molar-refractivity contribution in [3.8, 4) is 6.07 Å². The van der Waals surface area contributed by atoms with Crippen LogP contribution in [0.1, 0.15) is 45.6 Å². The molecule has 0 aromatic carbocycles. The molecule has 0 N–H and O–H groups in total. The van der Waals surface area contributed by atoms with Crippen LogP contribution in [0.2, 0.25) is 5.15 Å². The lowest BCUT2D eigenvalue weighted by Gasteiger charge is -2.30. The number of pyridine rings is 1. The van der Waals surface area contributed by atoms with Crippen LogP contribution >= 0.6 is 11.6 Å². The van der Waals surface area contributed by atoms with E-state index in [-0.39, 0.29) is 0 Å². The molecule has 2 heterocycles. The first kappa shape index (κ1) is 15.1. The van der Waals surface area contributed by atoms with Crippen molar-refractivity contribution in [2.24, 2.45) is 11.3 Å². The smallest absolute Gasteiger partial charge is 0.132 e. The highest BCUT2D eigenvalue weighted by Gasteiger charge is 2.27. The van der Waals surface area contributed by atoms with Crippen molar-refractivity contribution in [3.05, 3.63) is 22.8 Å². The molecule has 0 amide bonds. The van der Waals surface area contributed by atoms with E-state index < -0.39 is 0 Å². The van der Waals surface area contributed by atoms with E-state index in [9.17, 15) is 0 Å². The first-order valence-electron chi connectivity index (χ1n) is 7.23. The van der Waals surface area contributed by atoms with E-state index in [4.69, 9.17) is 16.9 Å². The first-order valence-corrected chi connectivity index (χ1v) is 7.60. The van der Waals surface area contributed by atoms with Crippen molar-refractivity contribution in [3.63, 3.8) is 0 Å². The Morgan fingerprint density at radius 1 is 1.30 bits per heavy atom. The number of anilines is 1. The van der Waals surface area contributed by atoms with Crippen molar-refractivity contribution in [1.82, 2.24) is 4.98 Å². The quantitative estimate of drug-likeness (QED) is 0.726. The number of hydrogen-bond acceptors (Lipinski definition) is 3. The molecule has 4 heteroatoms. The van der Waals surface area contributed by atoms with Gasteiger partial charge in [-0.2, -0.15) is 5.26 Å². The lowest BCUT2D eigenvalue weighted by Crippen LogP contribution is -2.26. The van der Waals surface area contributed by atoms with Crippen LogP contribution in [-0.4, -0.2) is 18.1 Å². The fourth-order valence-electron chi connectivity index (χ4n) is 2.90. The third kappa shape index (κ3) is 3.64. The molecule has 1 aliphatic heterocycles. The van der Waals surface area contributed by atoms with E-state index in [1.54, 1.807) is 6.07 Å². The Morgan fingerprint density at radius 3 is 2.70 bits per heavy atom. The van der Waals surface area contributed by atoms with Gasteiger partial charge in [0.1, 0.15) is 11.0 Å². The molecule has 0 aliphatic carbocycles. The van der Waals surface area contributed by atoms with Crippen molar-refractivity contribution in [2.45, 2.75) is 40.0 Å². The summed E-state index contributed by atoms with van der Waals surface area (Å²) in [6.07, 6.45) is 3.59. The van der Waals surface area contributed by atoms with Crippen LogP contribution in [-0.2, 0) is 0 Å². The van der Waals surface area contributed by atoms with E-state index in [0.29, 0.717) is 16.1 Å². The molecule has 0 radical (unpaired) electrons. The molecule has 1 saturated heterocycles. The predicted octanol–water partition coefficient (Wildman–Crippen LogP) is 4.26. The second-order valence-electron chi connectivity index (χ2n) is 6.63. The van der Waals surface area contributed by atoms with E-state index in [1.807, 2.05) is 6.07 Å². The van der Waals surface area contributed by atoms with Gasteiger partial charge in [-0.3, -0.25) is 0 Å². The molecular weight excluding hydrogens is 270 g/mol. The zero-order valence-electron chi connectivity index (χ0n) is 12.5. The molecule has 1 atom stereocenters. The summed E-state index contributed by atoms with van der Waals surface area (Å²) in [5.41, 5.74) is 0.937. The topological polar surface area (TPSA) is 39.9 Å². The monoisotopic (exact) mass is 291 g/mol. The number of hydrogen-bond donors (Lipinski definition) is 0. The van der Waals surface area contributed by atoms with Gasteiger partial charge < -0.3 is 4.90 Å². The molecule has 1 unspecified atom stereocenters. The number of nitriles is 1. The Morgan fingerprint density at radius 2 is 2.05 bits per heavy atom. The van der Waals surface area contributed by atoms with Crippen molar-refractivity contribution < 1.29 is 0 Å². The first-order chi connectivity index (χ1) is 9.40. The Balaban J connectivity index is 2.15. The highest BCUT2D eigenvalue weighted by atomic mass is 35.5. The standard InChI is InChI=1S/C16H22ClN3/c1-16(2,3)13-5-4-7-20(8-6-13)15-10-12(11-18)9-14(17)19-15/h9-10,13H,4-8H2,1-3H3. The van der Waals surface area contributed by atoms with E-state index in [1.165, 1.54) is 12.8 Å². The van der Waals surface area contributed by atoms with E-state index in [2.05, 4.69) is 36.7 Å². The molecule has 1 aromatic heterocycles. The minimum atomic E-state index is 0.357. The average molecular weight is 292 g/mol. The maximum atomic E-state index is 9.03. The SMILES string of the molecule is CC(C)(C)C1CCCN(c2cc(C#N)cc(Cl)n2)CC1. The van der Waals surface area contributed by atoms with Crippen LogP contribution in [0.4, 0.5) is 5.82 Å². The molecular formula is C16H22ClN3. The van der Waals surface area contributed by atoms with Gasteiger partial charge in [0, 0.05) is 13.1 Å². The number of halogens is 1. The summed E-state index contributed by atoms with van der Waals surface area (Å²) in [7, 11) is 0. The van der Waals surface area contributed by atoms with Gasteiger partial charge in [-0.25, -0.2) is 4.98 Å². The maximum Gasteiger partial charge on any atom is 0.132 e. The number of aromatic nitrogens is 1. The second-order valence-corrected chi connectivity index (χ2v) is 7.02. The summed E-state index contributed by atoms with van der Waals surface area (Å²) in [6, 6.07) is 5.59. The minimum absolute atomic E-state index is 0.357. The molecule has 1 aliphatic rings. The third-order valence-corrected chi connectivity index (χ3v) is 4.38. The lowest BCUT2D eigenvalue weighted by atomic mass is 9.77. The summed E-state index contributed by atoms with van der Waals surface area (Å²) in [4.78, 5) is 6.64. The fourth-order valence-corrected chi connectivity index (χ4v) is 3.11. The number of rotatable bonds is 1. The lowest BCUT2D eigenvalue weighted by molar-refractivity contribution is 0.220. The molecule has 108 valence electrons. The van der Waals surface area contributed by atoms with Crippen molar-refractivity contribution in [1.29, 1.82) is 5.26 Å². The Hall–Kier alpha value is -1.27. The molecule has 3 nitrogen and oxygen atoms in total. The zero-order valence-corrected chi connectivity index (χ0v) is 13.2. The van der Waals surface area contributed by atoms with Crippen LogP contribution in [0.25, 0.3) is 0 Å². The molecule has 1 fully saturated rings. The summed E-state index contributed by atoms with van der Waals surface area (Å²) < 4.78 is 0. The summed E-state index contributed by atoms with van der Waals surface area (Å²) in [6.45, 7) is 8.93. The van der Waals surface area contributed by atoms with Crippen LogP contribution in [0.3, 0.4) is 0 Å². The van der Waals surface area contributed by atoms with Gasteiger partial charge in [-0.05, 0) is 42.7 Å². The van der Waals surface area contributed by atoms with E-state index in [0.717, 1.165) is 31.2 Å². The molecule has 0 saturated carbocycles. The average Bonchev–Trinajstić information content (AvgIpc) is 2.63. The van der Waals surface area contributed by atoms with Crippen LogP contribution in [0.5, 0.6) is 0 Å². The molecule has 2 rings (SSSR count). The fraction of sp³-hybridized carbons (Fsp3) is 0.625. The normalized spacial score (nSPS) is 20.4.